The van der Waals surface area contributed by atoms with Crippen LogP contribution in [0.5, 0.6) is 0 Å². The Morgan fingerprint density at radius 3 is 2.58 bits per heavy atom. The fourth-order valence-corrected chi connectivity index (χ4v) is 5.70. The minimum absolute atomic E-state index is 0.0222. The molecule has 24 heavy (non-hydrogen) atoms. The number of rotatable bonds is 3. The van der Waals surface area contributed by atoms with Gasteiger partial charge in [-0.05, 0) is 35.2 Å². The zero-order chi connectivity index (χ0) is 16.7. The minimum Gasteiger partial charge on any atom is -0.369 e. The van der Waals surface area contributed by atoms with Crippen molar-refractivity contribution in [1.82, 2.24) is 4.31 Å². The van der Waals surface area contributed by atoms with Crippen LogP contribution in [0.4, 0.5) is 11.4 Å². The number of anilines is 2. The minimum atomic E-state index is -3.37. The first-order valence-electron chi connectivity index (χ1n) is 7.75. The van der Waals surface area contributed by atoms with E-state index in [4.69, 9.17) is 0 Å². The molecule has 6 nitrogen and oxygen atoms in total. The molecule has 0 unspecified atom stereocenters. The van der Waals surface area contributed by atoms with Gasteiger partial charge in [0, 0.05) is 37.6 Å². The largest absolute Gasteiger partial charge is 0.369 e. The number of amides is 1. The van der Waals surface area contributed by atoms with Gasteiger partial charge >= 0.3 is 0 Å². The monoisotopic (exact) mass is 363 g/mol. The molecule has 1 aromatic heterocycles. The highest BCUT2D eigenvalue weighted by atomic mass is 32.2. The molecule has 3 heterocycles. The van der Waals surface area contributed by atoms with Gasteiger partial charge in [-0.25, -0.2) is 8.42 Å². The van der Waals surface area contributed by atoms with Crippen LogP contribution in [0.25, 0.3) is 0 Å². The van der Waals surface area contributed by atoms with Crippen molar-refractivity contribution in [3.63, 3.8) is 0 Å². The van der Waals surface area contributed by atoms with Crippen LogP contribution in [0.2, 0.25) is 0 Å². The molecule has 2 aliphatic rings. The summed E-state index contributed by atoms with van der Waals surface area (Å²) in [7, 11) is -3.37. The highest BCUT2D eigenvalue weighted by Crippen LogP contribution is 2.29. The molecule has 1 N–H and O–H groups in total. The number of nitrogens with zero attached hydrogens (tertiary/aromatic N) is 2. The molecule has 0 atom stereocenters. The third kappa shape index (κ3) is 2.70. The third-order valence-electron chi connectivity index (χ3n) is 4.41. The second kappa shape index (κ2) is 5.87. The number of piperazine rings is 1. The molecule has 1 aromatic carbocycles. The van der Waals surface area contributed by atoms with Crippen LogP contribution in [-0.2, 0) is 21.2 Å². The molecular weight excluding hydrogens is 346 g/mol. The van der Waals surface area contributed by atoms with Crippen LogP contribution in [0.15, 0.2) is 39.9 Å². The number of hydrogen-bond acceptors (Lipinski definition) is 5. The Morgan fingerprint density at radius 1 is 1.08 bits per heavy atom. The van der Waals surface area contributed by atoms with E-state index in [9.17, 15) is 13.2 Å². The van der Waals surface area contributed by atoms with Crippen molar-refractivity contribution in [2.45, 2.75) is 10.6 Å². The Hall–Kier alpha value is -1.90. The zero-order valence-electron chi connectivity index (χ0n) is 12.9. The number of carbonyl (C=O) groups is 1. The Balaban J connectivity index is 1.47. The summed E-state index contributed by atoms with van der Waals surface area (Å²) in [4.78, 5) is 13.6. The van der Waals surface area contributed by atoms with Gasteiger partial charge in [-0.15, -0.1) is 11.3 Å². The quantitative estimate of drug-likeness (QED) is 0.902. The average Bonchev–Trinajstić information content (AvgIpc) is 3.23. The molecule has 126 valence electrons. The predicted octanol–water partition coefficient (Wildman–Crippen LogP) is 1.75. The van der Waals surface area contributed by atoms with Gasteiger partial charge in [0.15, 0.2) is 0 Å². The van der Waals surface area contributed by atoms with E-state index in [0.29, 0.717) is 36.8 Å². The van der Waals surface area contributed by atoms with E-state index in [1.807, 2.05) is 18.2 Å². The standard InChI is InChI=1S/C16H17N3O3S2/c20-15-11-12-10-13(3-4-14(12)17-15)18-5-7-19(8-6-18)24(21,22)16-2-1-9-23-16/h1-4,9-10H,5-8,11H2,(H,17,20). The van der Waals surface area contributed by atoms with E-state index in [2.05, 4.69) is 10.2 Å². The van der Waals surface area contributed by atoms with Crippen LogP contribution in [0.3, 0.4) is 0 Å². The van der Waals surface area contributed by atoms with E-state index < -0.39 is 10.0 Å². The zero-order valence-corrected chi connectivity index (χ0v) is 14.6. The molecule has 0 spiro atoms. The highest BCUT2D eigenvalue weighted by Gasteiger charge is 2.29. The Bertz CT molecular complexity index is 870. The van der Waals surface area contributed by atoms with Crippen LogP contribution >= 0.6 is 11.3 Å². The van der Waals surface area contributed by atoms with E-state index >= 15 is 0 Å². The Labute approximate surface area is 144 Å². The second-order valence-corrected chi connectivity index (χ2v) is 9.00. The summed E-state index contributed by atoms with van der Waals surface area (Å²) in [6.07, 6.45) is 0.413. The van der Waals surface area contributed by atoms with Gasteiger partial charge in [-0.1, -0.05) is 6.07 Å². The van der Waals surface area contributed by atoms with Crippen molar-refractivity contribution in [2.75, 3.05) is 36.4 Å². The lowest BCUT2D eigenvalue weighted by molar-refractivity contribution is -0.115. The van der Waals surface area contributed by atoms with Gasteiger partial charge in [-0.2, -0.15) is 4.31 Å². The predicted molar refractivity (Wildman–Crippen MR) is 94.1 cm³/mol. The number of hydrogen-bond donors (Lipinski definition) is 1. The maximum absolute atomic E-state index is 12.6. The van der Waals surface area contributed by atoms with Gasteiger partial charge in [0.25, 0.3) is 10.0 Å². The number of carbonyl (C=O) groups excluding carboxylic acids is 1. The number of sulfonamides is 1. The van der Waals surface area contributed by atoms with Crippen molar-refractivity contribution in [3.8, 4) is 0 Å². The maximum atomic E-state index is 12.6. The number of nitrogens with one attached hydrogen (secondary N) is 1. The summed E-state index contributed by atoms with van der Waals surface area (Å²) >= 11 is 1.25. The molecule has 0 bridgehead atoms. The van der Waals surface area contributed by atoms with Gasteiger partial charge in [0.1, 0.15) is 4.21 Å². The molecular formula is C16H17N3O3S2. The van der Waals surface area contributed by atoms with Crippen LogP contribution in [0.1, 0.15) is 5.56 Å². The van der Waals surface area contributed by atoms with Crippen molar-refractivity contribution in [3.05, 3.63) is 41.3 Å². The molecule has 1 saturated heterocycles. The normalized spacial score (nSPS) is 18.5. The third-order valence-corrected chi connectivity index (χ3v) is 7.68. The van der Waals surface area contributed by atoms with Gasteiger partial charge in [-0.3, -0.25) is 4.79 Å². The Kier molecular flexibility index (Phi) is 3.82. The smallest absolute Gasteiger partial charge is 0.252 e. The first-order chi connectivity index (χ1) is 11.5. The molecule has 0 aliphatic carbocycles. The Morgan fingerprint density at radius 2 is 1.88 bits per heavy atom. The van der Waals surface area contributed by atoms with Crippen LogP contribution in [-0.4, -0.2) is 44.8 Å². The van der Waals surface area contributed by atoms with E-state index in [-0.39, 0.29) is 5.91 Å². The summed E-state index contributed by atoms with van der Waals surface area (Å²) in [5.74, 6) is 0.0222. The summed E-state index contributed by atoms with van der Waals surface area (Å²) < 4.78 is 27.1. The molecule has 1 amide bonds. The summed E-state index contributed by atoms with van der Waals surface area (Å²) in [5.41, 5.74) is 2.92. The van der Waals surface area contributed by atoms with Crippen molar-refractivity contribution >= 4 is 38.6 Å². The number of fused-ring (bicyclic) bond motifs is 1. The van der Waals surface area contributed by atoms with Crippen LogP contribution < -0.4 is 10.2 Å². The summed E-state index contributed by atoms with van der Waals surface area (Å²) in [6.45, 7) is 2.22. The molecule has 0 radical (unpaired) electrons. The summed E-state index contributed by atoms with van der Waals surface area (Å²) in [5, 5.41) is 4.61. The van der Waals surface area contributed by atoms with Crippen molar-refractivity contribution < 1.29 is 13.2 Å². The topological polar surface area (TPSA) is 69.7 Å². The lowest BCUT2D eigenvalue weighted by Crippen LogP contribution is -2.48. The molecule has 2 aliphatic heterocycles. The van der Waals surface area contributed by atoms with Crippen molar-refractivity contribution in [1.29, 1.82) is 0 Å². The molecule has 2 aromatic rings. The highest BCUT2D eigenvalue weighted by molar-refractivity contribution is 7.91. The molecule has 4 rings (SSSR count). The van der Waals surface area contributed by atoms with Crippen molar-refractivity contribution in [2.24, 2.45) is 0 Å². The lowest BCUT2D eigenvalue weighted by Gasteiger charge is -2.35. The molecule has 8 heteroatoms. The molecule has 0 saturated carbocycles. The average molecular weight is 363 g/mol. The second-order valence-electron chi connectivity index (χ2n) is 5.89. The van der Waals surface area contributed by atoms with E-state index in [1.165, 1.54) is 11.3 Å². The first-order valence-corrected chi connectivity index (χ1v) is 10.1. The van der Waals surface area contributed by atoms with E-state index in [1.54, 1.807) is 21.8 Å². The van der Waals surface area contributed by atoms with Gasteiger partial charge in [0.05, 0.1) is 6.42 Å². The lowest BCUT2D eigenvalue weighted by atomic mass is 10.1. The fourth-order valence-electron chi connectivity index (χ4n) is 3.14. The van der Waals surface area contributed by atoms with Crippen LogP contribution in [0, 0.1) is 0 Å². The van der Waals surface area contributed by atoms with E-state index in [0.717, 1.165) is 16.9 Å². The number of benzene rings is 1. The number of thiophene rings is 1. The fraction of sp³-hybridized carbons (Fsp3) is 0.312. The van der Waals surface area contributed by atoms with Gasteiger partial charge in [0.2, 0.25) is 5.91 Å². The van der Waals surface area contributed by atoms with Gasteiger partial charge < -0.3 is 10.2 Å². The summed E-state index contributed by atoms with van der Waals surface area (Å²) in [6, 6.07) is 9.33. The maximum Gasteiger partial charge on any atom is 0.252 e. The first kappa shape index (κ1) is 15.6. The molecule has 1 fully saturated rings. The SMILES string of the molecule is O=C1Cc2cc(N3CCN(S(=O)(=O)c4cccs4)CC3)ccc2N1.